The van der Waals surface area contributed by atoms with Crippen molar-refractivity contribution in [2.45, 2.75) is 46.0 Å². The van der Waals surface area contributed by atoms with E-state index < -0.39 is 0 Å². The van der Waals surface area contributed by atoms with Crippen molar-refractivity contribution >= 4 is 11.9 Å². The van der Waals surface area contributed by atoms with Gasteiger partial charge in [-0.2, -0.15) is 0 Å². The molecule has 0 aliphatic heterocycles. The van der Waals surface area contributed by atoms with E-state index in [1.54, 1.807) is 0 Å². The molecule has 5 nitrogen and oxygen atoms in total. The van der Waals surface area contributed by atoms with Gasteiger partial charge in [-0.25, -0.2) is 9.97 Å². The second kappa shape index (κ2) is 7.22. The standard InChI is InChI=1S/C15H24N4O/c1-11-10-18-15(19-12(11)2)17-8-7-16-14(20)9-13-5-3-4-6-13/h10,13H,3-9H2,1-2H3,(H,16,20)(H,17,18,19). The van der Waals surface area contributed by atoms with E-state index in [1.807, 2.05) is 20.0 Å². The lowest BCUT2D eigenvalue weighted by molar-refractivity contribution is -0.121. The second-order valence-electron chi connectivity index (χ2n) is 5.59. The van der Waals surface area contributed by atoms with Gasteiger partial charge in [0.2, 0.25) is 11.9 Å². The van der Waals surface area contributed by atoms with Crippen molar-refractivity contribution in [2.24, 2.45) is 5.92 Å². The number of hydrogen-bond donors (Lipinski definition) is 2. The number of rotatable bonds is 6. The molecule has 0 atom stereocenters. The molecule has 1 fully saturated rings. The van der Waals surface area contributed by atoms with Crippen molar-refractivity contribution in [1.82, 2.24) is 15.3 Å². The molecule has 1 aromatic rings. The highest BCUT2D eigenvalue weighted by atomic mass is 16.1. The summed E-state index contributed by atoms with van der Waals surface area (Å²) in [5.74, 6) is 1.39. The third kappa shape index (κ3) is 4.47. The Morgan fingerprint density at radius 2 is 2.05 bits per heavy atom. The molecule has 1 aromatic heterocycles. The highest BCUT2D eigenvalue weighted by molar-refractivity contribution is 5.76. The van der Waals surface area contributed by atoms with E-state index >= 15 is 0 Å². The number of carbonyl (C=O) groups is 1. The summed E-state index contributed by atoms with van der Waals surface area (Å²) in [5, 5.41) is 6.07. The largest absolute Gasteiger partial charge is 0.354 e. The molecule has 0 bridgehead atoms. The van der Waals surface area contributed by atoms with Gasteiger partial charge in [0.1, 0.15) is 0 Å². The molecule has 110 valence electrons. The van der Waals surface area contributed by atoms with Crippen molar-refractivity contribution in [3.05, 3.63) is 17.5 Å². The lowest BCUT2D eigenvalue weighted by Gasteiger charge is -2.10. The molecule has 0 aromatic carbocycles. The molecule has 0 unspecified atom stereocenters. The zero-order valence-corrected chi connectivity index (χ0v) is 12.4. The number of aromatic nitrogens is 2. The van der Waals surface area contributed by atoms with E-state index in [2.05, 4.69) is 20.6 Å². The Bertz CT molecular complexity index is 455. The van der Waals surface area contributed by atoms with Gasteiger partial charge in [0, 0.05) is 31.4 Å². The minimum absolute atomic E-state index is 0.166. The van der Waals surface area contributed by atoms with E-state index in [1.165, 1.54) is 25.7 Å². The number of anilines is 1. The summed E-state index contributed by atoms with van der Waals surface area (Å²) in [7, 11) is 0. The van der Waals surface area contributed by atoms with Crippen molar-refractivity contribution in [2.75, 3.05) is 18.4 Å². The average molecular weight is 276 g/mol. The molecule has 5 heteroatoms. The monoisotopic (exact) mass is 276 g/mol. The Morgan fingerprint density at radius 1 is 1.30 bits per heavy atom. The second-order valence-corrected chi connectivity index (χ2v) is 5.59. The summed E-state index contributed by atoms with van der Waals surface area (Å²) in [5.41, 5.74) is 2.06. The van der Waals surface area contributed by atoms with Gasteiger partial charge in [-0.1, -0.05) is 12.8 Å². The van der Waals surface area contributed by atoms with Gasteiger partial charge in [-0.15, -0.1) is 0 Å². The van der Waals surface area contributed by atoms with Crippen LogP contribution in [-0.2, 0) is 4.79 Å². The third-order valence-electron chi connectivity index (χ3n) is 3.90. The van der Waals surface area contributed by atoms with Crippen molar-refractivity contribution in [3.8, 4) is 0 Å². The van der Waals surface area contributed by atoms with Gasteiger partial charge in [0.25, 0.3) is 0 Å². The molecular formula is C15H24N4O. The predicted octanol–water partition coefficient (Wildman–Crippen LogP) is 2.20. The number of nitrogens with zero attached hydrogens (tertiary/aromatic N) is 2. The van der Waals surface area contributed by atoms with E-state index in [0.29, 0.717) is 31.4 Å². The highest BCUT2D eigenvalue weighted by Crippen LogP contribution is 2.27. The minimum Gasteiger partial charge on any atom is -0.354 e. The van der Waals surface area contributed by atoms with E-state index in [9.17, 15) is 4.79 Å². The molecule has 1 heterocycles. The first-order valence-corrected chi connectivity index (χ1v) is 7.46. The third-order valence-corrected chi connectivity index (χ3v) is 3.90. The van der Waals surface area contributed by atoms with Crippen molar-refractivity contribution in [3.63, 3.8) is 0 Å². The number of hydrogen-bond acceptors (Lipinski definition) is 4. The predicted molar refractivity (Wildman–Crippen MR) is 79.6 cm³/mol. The van der Waals surface area contributed by atoms with Gasteiger partial charge in [0.05, 0.1) is 0 Å². The van der Waals surface area contributed by atoms with Gasteiger partial charge >= 0.3 is 0 Å². The molecule has 1 aliphatic rings. The van der Waals surface area contributed by atoms with E-state index in [-0.39, 0.29) is 5.91 Å². The molecular weight excluding hydrogens is 252 g/mol. The molecule has 1 amide bonds. The van der Waals surface area contributed by atoms with Gasteiger partial charge in [-0.05, 0) is 38.2 Å². The molecule has 0 radical (unpaired) electrons. The molecule has 0 saturated heterocycles. The van der Waals surface area contributed by atoms with Crippen LogP contribution in [0.3, 0.4) is 0 Å². The Kier molecular flexibility index (Phi) is 5.32. The first-order chi connectivity index (χ1) is 9.65. The minimum atomic E-state index is 0.166. The SMILES string of the molecule is Cc1cnc(NCCNC(=O)CC2CCCC2)nc1C. The van der Waals surface area contributed by atoms with Crippen LogP contribution in [0.5, 0.6) is 0 Å². The maximum Gasteiger partial charge on any atom is 0.222 e. The van der Waals surface area contributed by atoms with Gasteiger partial charge in [0.15, 0.2) is 0 Å². The lowest BCUT2D eigenvalue weighted by atomic mass is 10.0. The van der Waals surface area contributed by atoms with Crippen LogP contribution in [0, 0.1) is 19.8 Å². The summed E-state index contributed by atoms with van der Waals surface area (Å²) >= 11 is 0. The van der Waals surface area contributed by atoms with Crippen LogP contribution in [0.25, 0.3) is 0 Å². The topological polar surface area (TPSA) is 66.9 Å². The van der Waals surface area contributed by atoms with Crippen LogP contribution in [0.1, 0.15) is 43.4 Å². The Hall–Kier alpha value is -1.65. The first kappa shape index (κ1) is 14.8. The Labute approximate surface area is 120 Å². The van der Waals surface area contributed by atoms with Crippen LogP contribution < -0.4 is 10.6 Å². The zero-order chi connectivity index (χ0) is 14.4. The fourth-order valence-electron chi connectivity index (χ4n) is 2.54. The number of nitrogens with one attached hydrogen (secondary N) is 2. The quantitative estimate of drug-likeness (QED) is 0.782. The first-order valence-electron chi connectivity index (χ1n) is 7.46. The summed E-state index contributed by atoms with van der Waals surface area (Å²) in [4.78, 5) is 20.3. The van der Waals surface area contributed by atoms with Crippen LogP contribution in [0.2, 0.25) is 0 Å². The summed E-state index contributed by atoms with van der Waals surface area (Å²) in [6, 6.07) is 0. The maximum absolute atomic E-state index is 11.7. The summed E-state index contributed by atoms with van der Waals surface area (Å²) in [6.07, 6.45) is 7.47. The van der Waals surface area contributed by atoms with Crippen LogP contribution in [-0.4, -0.2) is 29.0 Å². The van der Waals surface area contributed by atoms with Crippen LogP contribution >= 0.6 is 0 Å². The molecule has 20 heavy (non-hydrogen) atoms. The maximum atomic E-state index is 11.7. The molecule has 1 aliphatic carbocycles. The van der Waals surface area contributed by atoms with Crippen LogP contribution in [0.15, 0.2) is 6.20 Å². The van der Waals surface area contributed by atoms with E-state index in [0.717, 1.165) is 11.3 Å². The fourth-order valence-corrected chi connectivity index (χ4v) is 2.54. The number of aryl methyl sites for hydroxylation is 2. The Balaban J connectivity index is 1.63. The average Bonchev–Trinajstić information content (AvgIpc) is 2.91. The lowest BCUT2D eigenvalue weighted by Crippen LogP contribution is -2.30. The van der Waals surface area contributed by atoms with Crippen molar-refractivity contribution in [1.29, 1.82) is 0 Å². The normalized spacial score (nSPS) is 15.3. The summed E-state index contributed by atoms with van der Waals surface area (Å²) < 4.78 is 0. The van der Waals surface area contributed by atoms with Crippen molar-refractivity contribution < 1.29 is 4.79 Å². The molecule has 1 saturated carbocycles. The van der Waals surface area contributed by atoms with Gasteiger partial charge < -0.3 is 10.6 Å². The fraction of sp³-hybridized carbons (Fsp3) is 0.667. The van der Waals surface area contributed by atoms with Crippen LogP contribution in [0.4, 0.5) is 5.95 Å². The summed E-state index contributed by atoms with van der Waals surface area (Å²) in [6.45, 7) is 5.22. The molecule has 2 N–H and O–H groups in total. The smallest absolute Gasteiger partial charge is 0.222 e. The van der Waals surface area contributed by atoms with Gasteiger partial charge in [-0.3, -0.25) is 4.79 Å². The highest BCUT2D eigenvalue weighted by Gasteiger charge is 2.17. The number of amides is 1. The van der Waals surface area contributed by atoms with E-state index in [4.69, 9.17) is 0 Å². The zero-order valence-electron chi connectivity index (χ0n) is 12.4. The number of carbonyl (C=O) groups excluding carboxylic acids is 1. The molecule has 0 spiro atoms. The Morgan fingerprint density at radius 3 is 2.75 bits per heavy atom. The molecule has 2 rings (SSSR count).